The highest BCUT2D eigenvalue weighted by Gasteiger charge is 2.58. The van der Waals surface area contributed by atoms with Crippen molar-refractivity contribution in [3.05, 3.63) is 64.2 Å². The van der Waals surface area contributed by atoms with Crippen LogP contribution in [0.3, 0.4) is 0 Å². The zero-order valence-electron chi connectivity index (χ0n) is 20.0. The maximum absolute atomic E-state index is 13.5. The van der Waals surface area contributed by atoms with Crippen LogP contribution in [-0.4, -0.2) is 53.4 Å². The van der Waals surface area contributed by atoms with E-state index in [-0.39, 0.29) is 37.0 Å². The minimum absolute atomic E-state index is 0.0284. The number of aryl methyl sites for hydroxylation is 1. The Morgan fingerprint density at radius 2 is 1.89 bits per heavy atom. The van der Waals surface area contributed by atoms with Crippen LogP contribution in [0.1, 0.15) is 48.9 Å². The van der Waals surface area contributed by atoms with Crippen LogP contribution in [-0.2, 0) is 26.3 Å². The number of hydrogen-bond acceptors (Lipinski definition) is 5. The largest absolute Gasteiger partial charge is 0.427 e. The highest BCUT2D eigenvalue weighted by molar-refractivity contribution is 6.30. The molecule has 0 radical (unpaired) electrons. The molecule has 3 aliphatic rings. The molecule has 2 saturated heterocycles. The SMILES string of the molecule is CNC(=O)Nc1ccc2c(c1)CCC21OC(=O)N(CC(=O)N2[C@H](C)CC[C@@H]2c2ccc(Cl)cc2)C1=O. The molecule has 2 N–H and O–H groups in total. The minimum Gasteiger partial charge on any atom is -0.427 e. The molecule has 10 heteroatoms. The van der Waals surface area contributed by atoms with Gasteiger partial charge in [-0.05, 0) is 61.6 Å². The molecule has 2 heterocycles. The number of halogens is 1. The molecule has 36 heavy (non-hydrogen) atoms. The van der Waals surface area contributed by atoms with Crippen molar-refractivity contribution < 1.29 is 23.9 Å². The second kappa shape index (κ2) is 9.13. The monoisotopic (exact) mass is 510 g/mol. The van der Waals surface area contributed by atoms with Crippen molar-refractivity contribution in [2.24, 2.45) is 0 Å². The Morgan fingerprint density at radius 3 is 2.61 bits per heavy atom. The van der Waals surface area contributed by atoms with Gasteiger partial charge in [0.2, 0.25) is 11.5 Å². The van der Waals surface area contributed by atoms with Crippen LogP contribution >= 0.6 is 11.6 Å². The van der Waals surface area contributed by atoms with E-state index < -0.39 is 17.6 Å². The van der Waals surface area contributed by atoms with Crippen molar-refractivity contribution in [3.63, 3.8) is 0 Å². The summed E-state index contributed by atoms with van der Waals surface area (Å²) in [6.07, 6.45) is 1.58. The van der Waals surface area contributed by atoms with Crippen LogP contribution < -0.4 is 10.6 Å². The van der Waals surface area contributed by atoms with Gasteiger partial charge in [0.05, 0.1) is 6.04 Å². The summed E-state index contributed by atoms with van der Waals surface area (Å²) in [4.78, 5) is 54.2. The van der Waals surface area contributed by atoms with Crippen molar-refractivity contribution in [3.8, 4) is 0 Å². The fraction of sp³-hybridized carbons (Fsp3) is 0.385. The van der Waals surface area contributed by atoms with Crippen LogP contribution in [0.4, 0.5) is 15.3 Å². The smallest absolute Gasteiger partial charge is 0.418 e. The highest BCUT2D eigenvalue weighted by Crippen LogP contribution is 2.46. The first-order valence-corrected chi connectivity index (χ1v) is 12.3. The lowest BCUT2D eigenvalue weighted by Gasteiger charge is -2.30. The number of nitrogens with zero attached hydrogens (tertiary/aromatic N) is 2. The van der Waals surface area contributed by atoms with Gasteiger partial charge in [0.1, 0.15) is 6.54 Å². The topological polar surface area (TPSA) is 108 Å². The fourth-order valence-corrected chi connectivity index (χ4v) is 5.68. The maximum Gasteiger partial charge on any atom is 0.418 e. The summed E-state index contributed by atoms with van der Waals surface area (Å²) in [5, 5.41) is 5.80. The average Bonchev–Trinajstić information content (AvgIpc) is 3.49. The molecule has 9 nitrogen and oxygen atoms in total. The van der Waals surface area contributed by atoms with Gasteiger partial charge in [0, 0.05) is 35.8 Å². The molecule has 3 atom stereocenters. The summed E-state index contributed by atoms with van der Waals surface area (Å²) >= 11 is 6.03. The Kier molecular flexibility index (Phi) is 6.12. The average molecular weight is 511 g/mol. The first kappa shape index (κ1) is 24.1. The molecule has 1 spiro atoms. The van der Waals surface area contributed by atoms with Gasteiger partial charge in [-0.25, -0.2) is 14.5 Å². The molecule has 2 aliphatic heterocycles. The number of rotatable bonds is 4. The molecule has 5 rings (SSSR count). The number of amides is 5. The van der Waals surface area contributed by atoms with E-state index in [9.17, 15) is 19.2 Å². The number of ether oxygens (including phenoxy) is 1. The molecule has 0 aromatic heterocycles. The van der Waals surface area contributed by atoms with E-state index in [1.165, 1.54) is 7.05 Å². The molecular weight excluding hydrogens is 484 g/mol. The van der Waals surface area contributed by atoms with Gasteiger partial charge < -0.3 is 20.3 Å². The number of likely N-dealkylation sites (tertiary alicyclic amines) is 1. The third-order valence-corrected chi connectivity index (χ3v) is 7.60. The Morgan fingerprint density at radius 1 is 1.14 bits per heavy atom. The van der Waals surface area contributed by atoms with E-state index in [0.29, 0.717) is 22.7 Å². The van der Waals surface area contributed by atoms with Gasteiger partial charge in [-0.15, -0.1) is 0 Å². The van der Waals surface area contributed by atoms with Crippen LogP contribution in [0.15, 0.2) is 42.5 Å². The Bertz CT molecular complexity index is 1250. The van der Waals surface area contributed by atoms with E-state index in [2.05, 4.69) is 10.6 Å². The normalized spacial score (nSPS) is 24.8. The number of anilines is 1. The summed E-state index contributed by atoms with van der Waals surface area (Å²) in [6.45, 7) is 1.59. The summed E-state index contributed by atoms with van der Waals surface area (Å²) in [6, 6.07) is 12.0. The molecule has 2 fully saturated rings. The molecule has 0 saturated carbocycles. The lowest BCUT2D eigenvalue weighted by atomic mass is 9.94. The summed E-state index contributed by atoms with van der Waals surface area (Å²) in [5.41, 5.74) is 1.51. The maximum atomic E-state index is 13.5. The van der Waals surface area contributed by atoms with Gasteiger partial charge in [-0.3, -0.25) is 9.59 Å². The quantitative estimate of drug-likeness (QED) is 0.647. The molecule has 2 aromatic carbocycles. The summed E-state index contributed by atoms with van der Waals surface area (Å²) < 4.78 is 5.67. The van der Waals surface area contributed by atoms with Gasteiger partial charge in [0.25, 0.3) is 5.91 Å². The van der Waals surface area contributed by atoms with Crippen molar-refractivity contribution in [1.82, 2.24) is 15.1 Å². The number of fused-ring (bicyclic) bond motifs is 2. The number of benzene rings is 2. The van der Waals surface area contributed by atoms with E-state index >= 15 is 0 Å². The van der Waals surface area contributed by atoms with E-state index in [0.717, 1.165) is 28.9 Å². The zero-order valence-corrected chi connectivity index (χ0v) is 20.8. The first-order chi connectivity index (χ1) is 17.2. The molecule has 188 valence electrons. The van der Waals surface area contributed by atoms with Crippen molar-refractivity contribution in [1.29, 1.82) is 0 Å². The highest BCUT2D eigenvalue weighted by atomic mass is 35.5. The van der Waals surface area contributed by atoms with Gasteiger partial charge >= 0.3 is 12.1 Å². The number of imide groups is 1. The second-order valence-corrected chi connectivity index (χ2v) is 9.89. The van der Waals surface area contributed by atoms with Gasteiger partial charge in [-0.1, -0.05) is 29.8 Å². The van der Waals surface area contributed by atoms with Crippen LogP contribution in [0.25, 0.3) is 0 Å². The van der Waals surface area contributed by atoms with Crippen LogP contribution in [0.2, 0.25) is 5.02 Å². The number of nitrogens with one attached hydrogen (secondary N) is 2. The van der Waals surface area contributed by atoms with Gasteiger partial charge in [-0.2, -0.15) is 0 Å². The fourth-order valence-electron chi connectivity index (χ4n) is 5.56. The lowest BCUT2D eigenvalue weighted by Crippen LogP contribution is -2.46. The molecule has 2 aromatic rings. The third-order valence-electron chi connectivity index (χ3n) is 7.35. The van der Waals surface area contributed by atoms with E-state index in [1.807, 2.05) is 19.1 Å². The van der Waals surface area contributed by atoms with Crippen LogP contribution in [0, 0.1) is 0 Å². The first-order valence-electron chi connectivity index (χ1n) is 12.0. The Labute approximate surface area is 213 Å². The Hall–Kier alpha value is -3.59. The van der Waals surface area contributed by atoms with Crippen molar-refractivity contribution in [2.75, 3.05) is 18.9 Å². The van der Waals surface area contributed by atoms with E-state index in [1.54, 1.807) is 35.2 Å². The van der Waals surface area contributed by atoms with Crippen LogP contribution in [0.5, 0.6) is 0 Å². The molecular formula is C26H27ClN4O5. The minimum atomic E-state index is -1.44. The summed E-state index contributed by atoms with van der Waals surface area (Å²) in [7, 11) is 1.52. The summed E-state index contributed by atoms with van der Waals surface area (Å²) in [5.74, 6) is -0.827. The number of carbonyl (C=O) groups is 4. The predicted molar refractivity (Wildman–Crippen MR) is 132 cm³/mol. The third kappa shape index (κ3) is 3.97. The molecule has 1 unspecified atom stereocenters. The predicted octanol–water partition coefficient (Wildman–Crippen LogP) is 3.96. The van der Waals surface area contributed by atoms with Crippen molar-refractivity contribution >= 4 is 41.2 Å². The number of hydrogen-bond donors (Lipinski definition) is 2. The number of carbonyl (C=O) groups excluding carboxylic acids is 4. The lowest BCUT2D eigenvalue weighted by molar-refractivity contribution is -0.143. The van der Waals surface area contributed by atoms with E-state index in [4.69, 9.17) is 16.3 Å². The molecule has 0 bridgehead atoms. The van der Waals surface area contributed by atoms with Gasteiger partial charge in [0.15, 0.2) is 0 Å². The van der Waals surface area contributed by atoms with Crippen molar-refractivity contribution in [2.45, 2.75) is 50.3 Å². The number of urea groups is 1. The molecule has 5 amide bonds. The molecule has 1 aliphatic carbocycles. The Balaban J connectivity index is 1.35. The standard InChI is InChI=1S/C26H27ClN4O5/c1-15-3-10-21(16-4-6-18(27)7-5-16)31(15)22(32)14-30-23(33)26(36-25(30)35)12-11-17-13-19(8-9-20(17)26)29-24(34)28-2/h4-9,13,15,21H,3,10-12,14H2,1-2H3,(H2,28,29,34)/t15-,21-,26?/m1/s1. The zero-order chi connectivity index (χ0) is 25.6. The second-order valence-electron chi connectivity index (χ2n) is 9.46.